The first kappa shape index (κ1) is 33.2. The molecule has 4 rings (SSSR count). The quantitative estimate of drug-likeness (QED) is 0.0724. The predicted octanol–water partition coefficient (Wildman–Crippen LogP) is 9.23. The fourth-order valence-corrected chi connectivity index (χ4v) is 5.34. The highest BCUT2D eigenvalue weighted by Crippen LogP contribution is 2.19. The maximum Gasteiger partial charge on any atom is 0.249 e. The summed E-state index contributed by atoms with van der Waals surface area (Å²) >= 11 is 0. The summed E-state index contributed by atoms with van der Waals surface area (Å²) in [4.78, 5) is 15.3. The minimum Gasteiger partial charge on any atom is -0.388 e. The van der Waals surface area contributed by atoms with Crippen molar-refractivity contribution in [1.29, 1.82) is 0 Å². The Morgan fingerprint density at radius 1 is 0.778 bits per heavy atom. The van der Waals surface area contributed by atoms with Crippen LogP contribution in [0.3, 0.4) is 0 Å². The summed E-state index contributed by atoms with van der Waals surface area (Å²) in [6.45, 7) is 7.02. The fraction of sp³-hybridized carbons (Fsp3) is 0.262. The van der Waals surface area contributed by atoms with E-state index in [-0.39, 0.29) is 11.8 Å². The van der Waals surface area contributed by atoms with E-state index in [1.807, 2.05) is 80.3 Å². The van der Waals surface area contributed by atoms with Gasteiger partial charge in [-0.2, -0.15) is 0 Å². The summed E-state index contributed by atoms with van der Waals surface area (Å²) in [6, 6.07) is 35.2. The van der Waals surface area contributed by atoms with Gasteiger partial charge in [-0.1, -0.05) is 140 Å². The Kier molecular flexibility index (Phi) is 13.0. The lowest BCUT2D eigenvalue weighted by molar-refractivity contribution is -0.128. The Hall–Kier alpha value is -4.65. The van der Waals surface area contributed by atoms with E-state index in [1.54, 1.807) is 0 Å². The number of aliphatic hydroxyl groups excluding tert-OH is 1. The number of aliphatic hydroxyl groups is 1. The van der Waals surface area contributed by atoms with Crippen LogP contribution >= 0.6 is 0 Å². The normalized spacial score (nSPS) is 13.3. The van der Waals surface area contributed by atoms with Gasteiger partial charge in [0.1, 0.15) is 0 Å². The minimum absolute atomic E-state index is 0.0313. The lowest BCUT2D eigenvalue weighted by Gasteiger charge is -2.23. The number of aryl methyl sites for hydroxylation is 1. The number of carbonyl (C=O) groups excluding carboxylic acids is 1. The number of nitrogens with zero attached hydrogens (tertiary/aromatic N) is 1. The molecule has 3 nitrogen and oxygen atoms in total. The van der Waals surface area contributed by atoms with Gasteiger partial charge in [0.05, 0.1) is 6.10 Å². The monoisotopic (exact) mass is 595 g/mol. The molecule has 0 aliphatic rings. The molecular weight excluding hydrogens is 550 g/mol. The number of amides is 1. The van der Waals surface area contributed by atoms with Crippen molar-refractivity contribution >= 4 is 16.7 Å². The van der Waals surface area contributed by atoms with Crippen LogP contribution in [0, 0.1) is 17.8 Å². The van der Waals surface area contributed by atoms with Crippen molar-refractivity contribution in [3.63, 3.8) is 0 Å². The fourth-order valence-electron chi connectivity index (χ4n) is 5.34. The Bertz CT molecular complexity index is 1630. The summed E-state index contributed by atoms with van der Waals surface area (Å²) in [5, 5.41) is 13.3. The van der Waals surface area contributed by atoms with Crippen LogP contribution in [0.5, 0.6) is 0 Å². The van der Waals surface area contributed by atoms with E-state index in [9.17, 15) is 9.90 Å². The number of unbranched alkanes of at least 4 members (excludes halogenated alkanes) is 1. The first-order valence-corrected chi connectivity index (χ1v) is 15.9. The maximum atomic E-state index is 13.4. The van der Waals surface area contributed by atoms with Crippen LogP contribution in [0.2, 0.25) is 0 Å². The third-order valence-electron chi connectivity index (χ3n) is 8.04. The molecule has 4 aromatic carbocycles. The lowest BCUT2D eigenvalue weighted by atomic mass is 9.96. The number of rotatable bonds is 13. The van der Waals surface area contributed by atoms with Gasteiger partial charge in [0.2, 0.25) is 5.91 Å². The van der Waals surface area contributed by atoms with Gasteiger partial charge < -0.3 is 10.0 Å². The van der Waals surface area contributed by atoms with Crippen LogP contribution in [0.4, 0.5) is 0 Å². The smallest absolute Gasteiger partial charge is 0.249 e. The van der Waals surface area contributed by atoms with E-state index in [4.69, 9.17) is 0 Å². The van der Waals surface area contributed by atoms with Gasteiger partial charge in [-0.3, -0.25) is 4.79 Å². The van der Waals surface area contributed by atoms with Gasteiger partial charge in [-0.25, -0.2) is 0 Å². The zero-order valence-corrected chi connectivity index (χ0v) is 26.8. The topological polar surface area (TPSA) is 40.5 Å². The molecular formula is C42H45NO2. The van der Waals surface area contributed by atoms with Gasteiger partial charge in [-0.05, 0) is 72.2 Å². The van der Waals surface area contributed by atoms with E-state index >= 15 is 0 Å². The largest absolute Gasteiger partial charge is 0.388 e. The number of hydrogen-bond acceptors (Lipinski definition) is 2. The van der Waals surface area contributed by atoms with E-state index < -0.39 is 6.10 Å². The highest BCUT2D eigenvalue weighted by molar-refractivity contribution is 5.92. The van der Waals surface area contributed by atoms with Gasteiger partial charge in [0.25, 0.3) is 0 Å². The van der Waals surface area contributed by atoms with Crippen LogP contribution in [0.1, 0.15) is 56.7 Å². The van der Waals surface area contributed by atoms with Crippen molar-refractivity contribution in [3.8, 4) is 11.8 Å². The first-order valence-electron chi connectivity index (χ1n) is 15.9. The average Bonchev–Trinajstić information content (AvgIpc) is 3.07. The van der Waals surface area contributed by atoms with Crippen LogP contribution in [-0.2, 0) is 24.3 Å². The predicted molar refractivity (Wildman–Crippen MR) is 188 cm³/mol. The van der Waals surface area contributed by atoms with Crippen LogP contribution < -0.4 is 0 Å². The lowest BCUT2D eigenvalue weighted by Crippen LogP contribution is -2.30. The zero-order chi connectivity index (χ0) is 31.9. The molecule has 0 radical (unpaired) electrons. The summed E-state index contributed by atoms with van der Waals surface area (Å²) < 4.78 is 0. The number of allylic oxidation sites excluding steroid dienone is 3. The molecule has 0 aliphatic heterocycles. The van der Waals surface area contributed by atoms with E-state index in [2.05, 4.69) is 84.6 Å². The van der Waals surface area contributed by atoms with Gasteiger partial charge in [0.15, 0.2) is 0 Å². The third-order valence-corrected chi connectivity index (χ3v) is 8.04. The molecule has 4 aromatic rings. The van der Waals surface area contributed by atoms with Crippen molar-refractivity contribution in [1.82, 2.24) is 4.90 Å². The Labute approximate surface area is 269 Å². The van der Waals surface area contributed by atoms with E-state index in [1.165, 1.54) is 16.3 Å². The second-order valence-electron chi connectivity index (χ2n) is 11.7. The second-order valence-corrected chi connectivity index (χ2v) is 11.7. The molecule has 0 fully saturated rings. The number of carbonyl (C=O) groups is 1. The summed E-state index contributed by atoms with van der Waals surface area (Å²) in [5.41, 5.74) is 5.25. The Morgan fingerprint density at radius 3 is 2.07 bits per heavy atom. The third kappa shape index (κ3) is 10.8. The Balaban J connectivity index is 1.23. The molecule has 0 aliphatic carbocycles. The number of fused-ring (bicyclic) bond motifs is 1. The van der Waals surface area contributed by atoms with Gasteiger partial charge >= 0.3 is 0 Å². The highest BCUT2D eigenvalue weighted by Gasteiger charge is 2.16. The molecule has 230 valence electrons. The van der Waals surface area contributed by atoms with Crippen molar-refractivity contribution < 1.29 is 9.90 Å². The molecule has 0 saturated heterocycles. The molecule has 0 bridgehead atoms. The van der Waals surface area contributed by atoms with Crippen LogP contribution in [-0.4, -0.2) is 22.0 Å². The summed E-state index contributed by atoms with van der Waals surface area (Å²) in [6.07, 6.45) is 10.6. The van der Waals surface area contributed by atoms with Crippen molar-refractivity contribution in [3.05, 3.63) is 155 Å². The molecule has 1 N–H and O–H groups in total. The Morgan fingerprint density at radius 2 is 1.40 bits per heavy atom. The standard InChI is InChI=1S/C42H45NO2/c1-33(41(44)34(2)20-17-25-36-28-29-39-26-15-16-27-40(39)30-36)18-9-5-4-6-10-19-35(3)42(45)43(31-37-21-11-7-12-22-37)32-38-23-13-8-14-24-38/h7-9,11-16,18-24,26-30,33,41,44H,6,10,17,25,31-32H2,1-3H3/b18-9+,34-20+,35-19+/t33-,41-/m1/s1. The number of hydrogen-bond donors (Lipinski definition) is 1. The molecule has 2 atom stereocenters. The zero-order valence-electron chi connectivity index (χ0n) is 26.8. The molecule has 3 heteroatoms. The van der Waals surface area contributed by atoms with Gasteiger partial charge in [0, 0.05) is 31.0 Å². The van der Waals surface area contributed by atoms with Gasteiger partial charge in [-0.15, -0.1) is 0 Å². The summed E-state index contributed by atoms with van der Waals surface area (Å²) in [5.74, 6) is 6.28. The van der Waals surface area contributed by atoms with Crippen molar-refractivity contribution in [2.75, 3.05) is 0 Å². The average molecular weight is 596 g/mol. The first-order chi connectivity index (χ1) is 21.9. The van der Waals surface area contributed by atoms with E-state index in [0.717, 1.165) is 35.1 Å². The second kappa shape index (κ2) is 17.6. The number of benzene rings is 4. The van der Waals surface area contributed by atoms with Crippen LogP contribution in [0.15, 0.2) is 139 Å². The maximum absolute atomic E-state index is 13.4. The molecule has 1 amide bonds. The minimum atomic E-state index is -0.536. The molecule has 0 heterocycles. The highest BCUT2D eigenvalue weighted by atomic mass is 16.3. The molecule has 0 spiro atoms. The SMILES string of the molecule is C/C(=C\CCC#C/C=C/[C@@H](C)[C@@H](O)/C(C)=C/CCc1ccc2ccccc2c1)C(=O)N(Cc1ccccc1)Cc1ccccc1. The van der Waals surface area contributed by atoms with Crippen molar-refractivity contribution in [2.24, 2.45) is 5.92 Å². The molecule has 0 aromatic heterocycles. The van der Waals surface area contributed by atoms with Crippen molar-refractivity contribution in [2.45, 2.75) is 65.6 Å². The molecule has 0 saturated carbocycles. The molecule has 0 unspecified atom stereocenters. The summed E-state index contributed by atoms with van der Waals surface area (Å²) in [7, 11) is 0. The van der Waals surface area contributed by atoms with E-state index in [0.29, 0.717) is 25.9 Å². The van der Waals surface area contributed by atoms with Crippen LogP contribution in [0.25, 0.3) is 10.8 Å². The molecule has 45 heavy (non-hydrogen) atoms.